The van der Waals surface area contributed by atoms with Crippen LogP contribution in [0.1, 0.15) is 143 Å². The van der Waals surface area contributed by atoms with E-state index in [1.165, 1.54) is 6.20 Å². The molecule has 0 saturated carbocycles. The van der Waals surface area contributed by atoms with Gasteiger partial charge in [0, 0.05) is 183 Å². The third-order valence-corrected chi connectivity index (χ3v) is 17.4. The fourth-order valence-corrected chi connectivity index (χ4v) is 11.9. The normalized spacial score (nSPS) is 10.5. The van der Waals surface area contributed by atoms with Crippen molar-refractivity contribution >= 4 is 40.5 Å². The zero-order valence-corrected chi connectivity index (χ0v) is 69.8. The van der Waals surface area contributed by atoms with Crippen molar-refractivity contribution in [3.05, 3.63) is 387 Å². The highest BCUT2D eigenvalue weighted by atomic mass is 35.5. The van der Waals surface area contributed by atoms with Gasteiger partial charge in [0.2, 0.25) is 0 Å². The standard InChI is InChI=1S/C20H19N3O2.C19H16ClN3O2.3C19H17N3O2/c1-13-7-8-17(12-21-13)25-18-9-15(3)23-19(11-18)20(24)10-16-6-4-5-14(2)22-16;1-12-4-3-5-15(22-12)8-19(24)18-9-16(6-13(2)23-18)25-17-7-14(20)10-21-11-17;2*1-13-5-3-6-15(21-13)10-19(23)18-11-17(9-14(2)22-18)24-16-7-4-8-20-12-16;1-13-5-6-15(21-11-13)9-19(23)18-10-17(8-14(2)22-18)24-16-4-3-7-20-12-16/h4-9,11-12H,10H2,1-3H3;3-7,9-11H,8H2,1-2H3;2*3-9,11-12H,10H2,1-2H3;3-8,10-12H,9H2,1-2H3. The predicted molar refractivity (Wildman–Crippen MR) is 461 cm³/mol. The van der Waals surface area contributed by atoms with Crippen LogP contribution in [0.25, 0.3) is 0 Å². The average molecular weight is 1650 g/mol. The highest BCUT2D eigenvalue weighted by molar-refractivity contribution is 6.30. The van der Waals surface area contributed by atoms with Crippen LogP contribution in [0.2, 0.25) is 5.02 Å². The summed E-state index contributed by atoms with van der Waals surface area (Å²) in [5, 5.41) is 0.477. The van der Waals surface area contributed by atoms with Gasteiger partial charge in [-0.3, -0.25) is 73.8 Å². The number of nitrogens with zero attached hydrogens (tertiary/aromatic N) is 15. The molecule has 15 heterocycles. The molecule has 0 aliphatic heterocycles. The number of pyridine rings is 15. The minimum atomic E-state index is -0.115. The SMILES string of the molecule is Cc1ccc(CC(=O)c2cc(Oc3cccnc3)cc(C)n2)nc1.Cc1ccc(Oc2cc(C)nc(C(=O)Cc3cccc(C)n3)c2)cn1.Cc1cccc(CC(=O)c2cc(Oc3cccnc3)cc(C)n2)n1.Cc1cccc(CC(=O)c2cc(Oc3cccnc3)cc(C)n2)n1.Cc1cccc(CC(=O)c2cc(Oc3cncc(Cl)c3)cc(C)n2)n1. The molecule has 0 unspecified atom stereocenters. The lowest BCUT2D eigenvalue weighted by atomic mass is 10.1. The first-order valence-electron chi connectivity index (χ1n) is 38.6. The topological polar surface area (TPSA) is 325 Å². The van der Waals surface area contributed by atoms with Crippen LogP contribution < -0.4 is 23.7 Å². The highest BCUT2D eigenvalue weighted by Crippen LogP contribution is 2.29. The van der Waals surface area contributed by atoms with Crippen molar-refractivity contribution in [1.29, 1.82) is 0 Å². The molecule has 0 bridgehead atoms. The van der Waals surface area contributed by atoms with Gasteiger partial charge in [0.15, 0.2) is 28.9 Å². The second-order valence-corrected chi connectivity index (χ2v) is 28.5. The molecule has 0 atom stereocenters. The van der Waals surface area contributed by atoms with Gasteiger partial charge in [-0.1, -0.05) is 41.9 Å². The number of aryl methyl sites for hydroxylation is 11. The van der Waals surface area contributed by atoms with Crippen molar-refractivity contribution in [2.45, 2.75) is 108 Å². The van der Waals surface area contributed by atoms with Crippen LogP contribution in [0, 0.1) is 76.2 Å². The average Bonchev–Trinajstić information content (AvgIpc) is 0.852. The monoisotopic (exact) mass is 1640 g/mol. The second-order valence-electron chi connectivity index (χ2n) is 28.1. The van der Waals surface area contributed by atoms with Crippen LogP contribution in [-0.4, -0.2) is 104 Å². The van der Waals surface area contributed by atoms with Crippen LogP contribution >= 0.6 is 11.6 Å². The van der Waals surface area contributed by atoms with Gasteiger partial charge in [0.05, 0.1) is 68.1 Å². The molecule has 0 fully saturated rings. The van der Waals surface area contributed by atoms with Crippen LogP contribution in [0.15, 0.2) is 262 Å². The van der Waals surface area contributed by atoms with E-state index in [1.807, 2.05) is 173 Å². The molecule has 25 nitrogen and oxygen atoms in total. The third-order valence-electron chi connectivity index (χ3n) is 17.2. The Labute approximate surface area is 711 Å². The number of ketones is 5. The molecule has 0 spiro atoms. The molecule has 15 aromatic heterocycles. The Kier molecular flexibility index (Phi) is 31.2. The van der Waals surface area contributed by atoms with E-state index in [0.717, 1.165) is 85.3 Å². The molecule has 0 aliphatic rings. The van der Waals surface area contributed by atoms with Crippen molar-refractivity contribution in [1.82, 2.24) is 74.8 Å². The Morgan fingerprint density at radius 1 is 0.238 bits per heavy atom. The highest BCUT2D eigenvalue weighted by Gasteiger charge is 2.19. The van der Waals surface area contributed by atoms with E-state index >= 15 is 0 Å². The van der Waals surface area contributed by atoms with Gasteiger partial charge in [-0.25, -0.2) is 24.9 Å². The third kappa shape index (κ3) is 28.6. The summed E-state index contributed by atoms with van der Waals surface area (Å²) in [6, 6.07) is 59.6. The lowest BCUT2D eigenvalue weighted by Crippen LogP contribution is -2.08. The second kappa shape index (κ2) is 43.4. The number of hydrogen-bond donors (Lipinski definition) is 0. The Morgan fingerprint density at radius 2 is 0.541 bits per heavy atom. The van der Waals surface area contributed by atoms with Gasteiger partial charge in [-0.05, 0) is 185 Å². The number of carbonyl (C=O) groups excluding carboxylic acids is 5. The van der Waals surface area contributed by atoms with Crippen LogP contribution in [0.4, 0.5) is 0 Å². The number of ether oxygens (including phenoxy) is 5. The lowest BCUT2D eigenvalue weighted by Gasteiger charge is -2.08. The molecule has 15 rings (SSSR count). The largest absolute Gasteiger partial charge is 0.456 e. The number of rotatable bonds is 25. The molecule has 122 heavy (non-hydrogen) atoms. The molecular formula is C96H86ClN15O10. The van der Waals surface area contributed by atoms with E-state index in [-0.39, 0.29) is 61.0 Å². The maximum absolute atomic E-state index is 12.6. The molecule has 0 saturated heterocycles. The summed E-state index contributed by atoms with van der Waals surface area (Å²) in [5.41, 5.74) is 14.6. The Hall–Kier alpha value is -15.1. The fourth-order valence-electron chi connectivity index (χ4n) is 11.7. The Bertz CT molecular complexity index is 5990. The van der Waals surface area contributed by atoms with Crippen molar-refractivity contribution in [3.63, 3.8) is 0 Å². The maximum atomic E-state index is 12.6. The Morgan fingerprint density at radius 3 is 0.811 bits per heavy atom. The number of Topliss-reactive ketones (excluding diaryl/α,β-unsaturated/α-hetero) is 5. The van der Waals surface area contributed by atoms with E-state index < -0.39 is 0 Å². The van der Waals surface area contributed by atoms with E-state index in [1.54, 1.807) is 159 Å². The van der Waals surface area contributed by atoms with Gasteiger partial charge in [0.1, 0.15) is 86.0 Å². The number of carbonyl (C=O) groups is 5. The lowest BCUT2D eigenvalue weighted by molar-refractivity contribution is 0.0978. The number of hydrogen-bond acceptors (Lipinski definition) is 25. The van der Waals surface area contributed by atoms with E-state index in [0.29, 0.717) is 96.7 Å². The van der Waals surface area contributed by atoms with Crippen LogP contribution in [0.3, 0.4) is 0 Å². The van der Waals surface area contributed by atoms with Gasteiger partial charge < -0.3 is 23.7 Å². The summed E-state index contributed by atoms with van der Waals surface area (Å²) in [6.07, 6.45) is 17.4. The molecule has 0 amide bonds. The zero-order chi connectivity index (χ0) is 86.4. The smallest absolute Gasteiger partial charge is 0.187 e. The summed E-state index contributed by atoms with van der Waals surface area (Å²) in [6.45, 7) is 20.6. The van der Waals surface area contributed by atoms with E-state index in [2.05, 4.69) is 74.8 Å². The molecule has 612 valence electrons. The molecule has 0 radical (unpaired) electrons. The molecule has 0 aromatic carbocycles. The molecule has 15 aromatic rings. The summed E-state index contributed by atoms with van der Waals surface area (Å²) in [4.78, 5) is 126. The van der Waals surface area contributed by atoms with E-state index in [9.17, 15) is 24.0 Å². The quantitative estimate of drug-likeness (QED) is 0.0480. The van der Waals surface area contributed by atoms with Crippen molar-refractivity contribution < 1.29 is 47.7 Å². The van der Waals surface area contributed by atoms with Crippen molar-refractivity contribution in [2.75, 3.05) is 0 Å². The molecular weight excluding hydrogens is 1560 g/mol. The van der Waals surface area contributed by atoms with Crippen LogP contribution in [0.5, 0.6) is 57.5 Å². The first-order chi connectivity index (χ1) is 58.8. The fraction of sp³-hybridized carbons (Fsp3) is 0.167. The van der Waals surface area contributed by atoms with Crippen molar-refractivity contribution in [3.8, 4) is 57.5 Å². The minimum absolute atomic E-state index is 0.0892. The van der Waals surface area contributed by atoms with Crippen LogP contribution in [-0.2, 0) is 32.1 Å². The minimum Gasteiger partial charge on any atom is -0.456 e. The zero-order valence-electron chi connectivity index (χ0n) is 69.0. The predicted octanol–water partition coefficient (Wildman–Crippen LogP) is 19.5. The summed E-state index contributed by atoms with van der Waals surface area (Å²) in [5.74, 6) is 5.26. The molecule has 26 heteroatoms. The Balaban J connectivity index is 0.000000149. The number of aromatic nitrogens is 15. The first kappa shape index (κ1) is 87.7. The van der Waals surface area contributed by atoms with Gasteiger partial charge in [0.25, 0.3) is 0 Å². The summed E-state index contributed by atoms with van der Waals surface area (Å²) >= 11 is 5.91. The van der Waals surface area contributed by atoms with E-state index in [4.69, 9.17) is 35.3 Å². The van der Waals surface area contributed by atoms with Gasteiger partial charge in [-0.15, -0.1) is 0 Å². The summed E-state index contributed by atoms with van der Waals surface area (Å²) < 4.78 is 28.8. The number of halogens is 1. The van der Waals surface area contributed by atoms with Crippen molar-refractivity contribution in [2.24, 2.45) is 0 Å². The summed E-state index contributed by atoms with van der Waals surface area (Å²) in [7, 11) is 0. The van der Waals surface area contributed by atoms with Gasteiger partial charge >= 0.3 is 0 Å². The molecule has 0 N–H and O–H groups in total. The molecule has 0 aliphatic carbocycles. The first-order valence-corrected chi connectivity index (χ1v) is 39.0. The van der Waals surface area contributed by atoms with Gasteiger partial charge in [-0.2, -0.15) is 0 Å². The maximum Gasteiger partial charge on any atom is 0.187 e.